The van der Waals surface area contributed by atoms with Crippen LogP contribution in [0.3, 0.4) is 0 Å². The molecule has 2 rings (SSSR count). The molecule has 1 saturated carbocycles. The summed E-state index contributed by atoms with van der Waals surface area (Å²) in [7, 11) is 0. The van der Waals surface area contributed by atoms with Crippen LogP contribution in [0.5, 0.6) is 0 Å². The van der Waals surface area contributed by atoms with Crippen molar-refractivity contribution in [2.75, 3.05) is 13.1 Å². The van der Waals surface area contributed by atoms with Crippen molar-refractivity contribution in [3.63, 3.8) is 0 Å². The minimum atomic E-state index is 0.466. The van der Waals surface area contributed by atoms with Gasteiger partial charge in [-0.1, -0.05) is 19.9 Å². The van der Waals surface area contributed by atoms with Crippen LogP contribution in [0.4, 0.5) is 0 Å². The molecule has 0 atom stereocenters. The third-order valence-corrected chi connectivity index (χ3v) is 4.58. The molecule has 4 heteroatoms. The Morgan fingerprint density at radius 3 is 2.89 bits per heavy atom. The van der Waals surface area contributed by atoms with E-state index >= 15 is 0 Å². The van der Waals surface area contributed by atoms with Crippen LogP contribution in [-0.2, 0) is 6.42 Å². The molecule has 1 aliphatic carbocycles. The van der Waals surface area contributed by atoms with Crippen LogP contribution in [-0.4, -0.2) is 19.0 Å². The van der Waals surface area contributed by atoms with Crippen molar-refractivity contribution in [1.29, 1.82) is 0 Å². The van der Waals surface area contributed by atoms with Crippen molar-refractivity contribution < 1.29 is 0 Å². The van der Waals surface area contributed by atoms with Gasteiger partial charge in [-0.05, 0) is 48.5 Å². The molecule has 106 valence electrons. The highest BCUT2D eigenvalue weighted by Gasteiger charge is 2.42. The molecule has 1 aromatic rings. The summed E-state index contributed by atoms with van der Waals surface area (Å²) in [5, 5.41) is 5.32. The van der Waals surface area contributed by atoms with Crippen molar-refractivity contribution in [2.45, 2.75) is 39.5 Å². The summed E-state index contributed by atoms with van der Waals surface area (Å²) in [6.45, 7) is 6.33. The number of hydrogen-bond donors (Lipinski definition) is 2. The maximum absolute atomic E-state index is 5.92. The number of guanidine groups is 1. The van der Waals surface area contributed by atoms with Gasteiger partial charge in [0.15, 0.2) is 5.96 Å². The first-order valence-electron chi connectivity index (χ1n) is 7.16. The quantitative estimate of drug-likeness (QED) is 0.595. The number of nitrogens with zero attached hydrogens (tertiary/aromatic N) is 1. The first-order valence-corrected chi connectivity index (χ1v) is 8.04. The zero-order valence-corrected chi connectivity index (χ0v) is 12.8. The van der Waals surface area contributed by atoms with Gasteiger partial charge in [0.2, 0.25) is 0 Å². The van der Waals surface area contributed by atoms with Gasteiger partial charge < -0.3 is 11.1 Å². The Bertz CT molecular complexity index is 405. The van der Waals surface area contributed by atoms with E-state index in [9.17, 15) is 0 Å². The molecule has 0 spiro atoms. The van der Waals surface area contributed by atoms with E-state index in [4.69, 9.17) is 5.73 Å². The molecule has 0 saturated heterocycles. The van der Waals surface area contributed by atoms with Crippen molar-refractivity contribution >= 4 is 17.3 Å². The second-order valence-corrected chi connectivity index (χ2v) is 7.09. The fourth-order valence-electron chi connectivity index (χ4n) is 2.55. The van der Waals surface area contributed by atoms with Crippen LogP contribution in [0.1, 0.15) is 38.0 Å². The van der Waals surface area contributed by atoms with Gasteiger partial charge in [0.1, 0.15) is 0 Å². The van der Waals surface area contributed by atoms with Gasteiger partial charge >= 0.3 is 0 Å². The second-order valence-electron chi connectivity index (χ2n) is 6.06. The lowest BCUT2D eigenvalue weighted by Crippen LogP contribution is -2.33. The van der Waals surface area contributed by atoms with Gasteiger partial charge in [0, 0.05) is 18.0 Å². The first-order chi connectivity index (χ1) is 9.10. The summed E-state index contributed by atoms with van der Waals surface area (Å²) in [5.41, 5.74) is 6.39. The topological polar surface area (TPSA) is 50.4 Å². The standard InChI is InChI=1S/C15H25N3S/c1-12(2)10-15(6-7-15)11-18-14(16)17-8-5-13-4-3-9-19-13/h3-4,9,12H,5-8,10-11H2,1-2H3,(H3,16,17,18). The molecule has 1 aliphatic rings. The molecule has 0 bridgehead atoms. The number of nitrogens with two attached hydrogens (primary N) is 1. The molecule has 0 aromatic carbocycles. The average Bonchev–Trinajstić information content (AvgIpc) is 2.89. The van der Waals surface area contributed by atoms with Gasteiger partial charge in [-0.3, -0.25) is 4.99 Å². The molecular weight excluding hydrogens is 254 g/mol. The van der Waals surface area contributed by atoms with Crippen LogP contribution in [0.15, 0.2) is 22.5 Å². The van der Waals surface area contributed by atoms with Gasteiger partial charge in [-0.25, -0.2) is 0 Å². The van der Waals surface area contributed by atoms with E-state index in [0.29, 0.717) is 11.4 Å². The molecular formula is C15H25N3S. The number of aliphatic imine (C=N–C) groups is 1. The van der Waals surface area contributed by atoms with Gasteiger partial charge in [0.25, 0.3) is 0 Å². The zero-order chi connectivity index (χ0) is 13.7. The second kappa shape index (κ2) is 6.42. The van der Waals surface area contributed by atoms with E-state index in [2.05, 4.69) is 41.7 Å². The first kappa shape index (κ1) is 14.4. The lowest BCUT2D eigenvalue weighted by molar-refractivity contribution is 0.398. The number of thiophene rings is 1. The number of rotatable bonds is 7. The smallest absolute Gasteiger partial charge is 0.188 e. The highest BCUT2D eigenvalue weighted by molar-refractivity contribution is 7.09. The molecule has 19 heavy (non-hydrogen) atoms. The summed E-state index contributed by atoms with van der Waals surface area (Å²) in [5.74, 6) is 1.36. The van der Waals surface area contributed by atoms with E-state index < -0.39 is 0 Å². The highest BCUT2D eigenvalue weighted by Crippen LogP contribution is 2.50. The van der Waals surface area contributed by atoms with Crippen LogP contribution in [0, 0.1) is 11.3 Å². The third-order valence-electron chi connectivity index (χ3n) is 3.64. The fraction of sp³-hybridized carbons (Fsp3) is 0.667. The summed E-state index contributed by atoms with van der Waals surface area (Å²) in [6.07, 6.45) is 4.93. The SMILES string of the molecule is CC(C)CC1(CN=C(N)NCCc2cccs2)CC1. The van der Waals surface area contributed by atoms with Crippen molar-refractivity contribution in [3.05, 3.63) is 22.4 Å². The number of hydrogen-bond acceptors (Lipinski definition) is 2. The van der Waals surface area contributed by atoms with Gasteiger partial charge in [0.05, 0.1) is 0 Å². The lowest BCUT2D eigenvalue weighted by Gasteiger charge is -2.15. The predicted molar refractivity (Wildman–Crippen MR) is 83.6 cm³/mol. The van der Waals surface area contributed by atoms with Crippen LogP contribution < -0.4 is 11.1 Å². The largest absolute Gasteiger partial charge is 0.370 e. The number of nitrogens with one attached hydrogen (secondary N) is 1. The maximum Gasteiger partial charge on any atom is 0.188 e. The minimum absolute atomic E-state index is 0.466. The Balaban J connectivity index is 1.68. The van der Waals surface area contributed by atoms with E-state index in [1.807, 2.05) is 0 Å². The Kier molecular flexibility index (Phi) is 4.86. The Labute approximate surface area is 120 Å². The third kappa shape index (κ3) is 4.86. The van der Waals surface area contributed by atoms with Gasteiger partial charge in [-0.2, -0.15) is 0 Å². The summed E-state index contributed by atoms with van der Waals surface area (Å²) in [6, 6.07) is 4.24. The van der Waals surface area contributed by atoms with Crippen molar-refractivity contribution in [2.24, 2.45) is 22.1 Å². The predicted octanol–water partition coefficient (Wildman–Crippen LogP) is 3.02. The summed E-state index contributed by atoms with van der Waals surface area (Å²) < 4.78 is 0. The Hall–Kier alpha value is -1.03. The molecule has 0 aliphatic heterocycles. The molecule has 3 N–H and O–H groups in total. The van der Waals surface area contributed by atoms with E-state index in [0.717, 1.165) is 25.4 Å². The monoisotopic (exact) mass is 279 g/mol. The highest BCUT2D eigenvalue weighted by atomic mass is 32.1. The van der Waals surface area contributed by atoms with Crippen molar-refractivity contribution in [1.82, 2.24) is 5.32 Å². The molecule has 0 amide bonds. The van der Waals surface area contributed by atoms with E-state index in [-0.39, 0.29) is 0 Å². The maximum atomic E-state index is 5.92. The Morgan fingerprint density at radius 1 is 1.53 bits per heavy atom. The fourth-order valence-corrected chi connectivity index (χ4v) is 3.26. The molecule has 3 nitrogen and oxygen atoms in total. The molecule has 1 heterocycles. The lowest BCUT2D eigenvalue weighted by atomic mass is 9.94. The average molecular weight is 279 g/mol. The molecule has 0 unspecified atom stereocenters. The van der Waals surface area contributed by atoms with Crippen LogP contribution in [0.2, 0.25) is 0 Å². The molecule has 1 fully saturated rings. The van der Waals surface area contributed by atoms with Crippen LogP contribution >= 0.6 is 11.3 Å². The molecule has 1 aromatic heterocycles. The summed E-state index contributed by atoms with van der Waals surface area (Å²) >= 11 is 1.79. The van der Waals surface area contributed by atoms with Crippen molar-refractivity contribution in [3.8, 4) is 0 Å². The van der Waals surface area contributed by atoms with E-state index in [1.165, 1.54) is 24.1 Å². The van der Waals surface area contributed by atoms with Crippen LogP contribution in [0.25, 0.3) is 0 Å². The normalized spacial score (nSPS) is 17.7. The molecule has 0 radical (unpaired) electrons. The Morgan fingerprint density at radius 2 is 2.32 bits per heavy atom. The summed E-state index contributed by atoms with van der Waals surface area (Å²) in [4.78, 5) is 5.90. The van der Waals surface area contributed by atoms with Gasteiger partial charge in [-0.15, -0.1) is 11.3 Å². The zero-order valence-electron chi connectivity index (χ0n) is 12.0. The minimum Gasteiger partial charge on any atom is -0.370 e. The van der Waals surface area contributed by atoms with E-state index in [1.54, 1.807) is 11.3 Å².